The van der Waals surface area contributed by atoms with E-state index >= 15 is 0 Å². The maximum atomic E-state index is 13.4. The molecule has 0 radical (unpaired) electrons. The Labute approximate surface area is 88.7 Å². The summed E-state index contributed by atoms with van der Waals surface area (Å²) in [6, 6.07) is 0.834. The summed E-state index contributed by atoms with van der Waals surface area (Å²) in [6.45, 7) is 0. The lowest BCUT2D eigenvalue weighted by Gasteiger charge is -2.00. The molecule has 1 heterocycles. The minimum Gasteiger partial charge on any atom is -0.372 e. The average Bonchev–Trinajstić information content (AvgIpc) is 2.13. The van der Waals surface area contributed by atoms with E-state index in [0.29, 0.717) is 0 Å². The number of hydrogen-bond acceptors (Lipinski definition) is 3. The number of H-pyrrole nitrogens is 1. The van der Waals surface area contributed by atoms with Crippen LogP contribution < -0.4 is 11.4 Å². The smallest absolute Gasteiger partial charge is 0.372 e. The predicted octanol–water partition coefficient (Wildman–Crippen LogP) is 1.52. The second-order valence-electron chi connectivity index (χ2n) is 2.71. The molecule has 0 aliphatic carbocycles. The van der Waals surface area contributed by atoms with Crippen LogP contribution in [0, 0.1) is 11.6 Å². The van der Waals surface area contributed by atoms with Gasteiger partial charge in [0.15, 0.2) is 5.82 Å². The molecule has 2 rings (SSSR count). The van der Waals surface area contributed by atoms with Crippen LogP contribution in [0.2, 0.25) is 0 Å². The van der Waals surface area contributed by atoms with Crippen molar-refractivity contribution in [1.82, 2.24) is 4.98 Å². The lowest BCUT2D eigenvalue weighted by atomic mass is 10.2. The molecule has 0 saturated heterocycles. The second kappa shape index (κ2) is 3.27. The molecule has 0 atom stereocenters. The standard InChI is InChI=1S/C8H2BrF2NO3/c9-5-2(10)1-3-4(6(5)11)7(13)15-8(14)12-3/h1H,(H,12,14). The first-order chi connectivity index (χ1) is 7.00. The van der Waals surface area contributed by atoms with Gasteiger partial charge in [0.25, 0.3) is 0 Å². The van der Waals surface area contributed by atoms with Crippen LogP contribution in [0.25, 0.3) is 10.9 Å². The summed E-state index contributed by atoms with van der Waals surface area (Å²) in [7, 11) is 0. The summed E-state index contributed by atoms with van der Waals surface area (Å²) in [4.78, 5) is 23.9. The predicted molar refractivity (Wildman–Crippen MR) is 50.7 cm³/mol. The number of nitrogens with one attached hydrogen (secondary N) is 1. The van der Waals surface area contributed by atoms with Crippen molar-refractivity contribution in [2.45, 2.75) is 0 Å². The fourth-order valence-electron chi connectivity index (χ4n) is 1.16. The molecule has 4 nitrogen and oxygen atoms in total. The SMILES string of the molecule is O=c1[nH]c2cc(F)c(Br)c(F)c2c(=O)o1. The number of fused-ring (bicyclic) bond motifs is 1. The van der Waals surface area contributed by atoms with Crippen molar-refractivity contribution in [3.8, 4) is 0 Å². The molecule has 1 aromatic carbocycles. The van der Waals surface area contributed by atoms with Crippen molar-refractivity contribution in [3.05, 3.63) is 43.1 Å². The van der Waals surface area contributed by atoms with Gasteiger partial charge in [0, 0.05) is 0 Å². The van der Waals surface area contributed by atoms with E-state index < -0.39 is 32.9 Å². The second-order valence-corrected chi connectivity index (χ2v) is 3.50. The molecular weight excluding hydrogens is 276 g/mol. The van der Waals surface area contributed by atoms with Crippen LogP contribution in [0.5, 0.6) is 0 Å². The van der Waals surface area contributed by atoms with Gasteiger partial charge in [-0.05, 0) is 22.0 Å². The number of aromatic amines is 1. The number of benzene rings is 1. The maximum absolute atomic E-state index is 13.4. The minimum absolute atomic E-state index is 0.241. The van der Waals surface area contributed by atoms with Gasteiger partial charge in [-0.3, -0.25) is 4.98 Å². The van der Waals surface area contributed by atoms with E-state index in [9.17, 15) is 18.4 Å². The molecule has 0 amide bonds. The molecule has 7 heteroatoms. The largest absolute Gasteiger partial charge is 0.419 e. The average molecular weight is 278 g/mol. The van der Waals surface area contributed by atoms with Crippen molar-refractivity contribution in [3.63, 3.8) is 0 Å². The number of halogens is 3. The van der Waals surface area contributed by atoms with Crippen LogP contribution in [0.4, 0.5) is 8.78 Å². The lowest BCUT2D eigenvalue weighted by molar-refractivity contribution is 0.455. The van der Waals surface area contributed by atoms with Gasteiger partial charge in [-0.1, -0.05) is 0 Å². The summed E-state index contributed by atoms with van der Waals surface area (Å²) in [5.74, 6) is -3.08. The topological polar surface area (TPSA) is 63.1 Å². The molecule has 0 fully saturated rings. The van der Waals surface area contributed by atoms with Crippen molar-refractivity contribution in [2.24, 2.45) is 0 Å². The van der Waals surface area contributed by atoms with Gasteiger partial charge < -0.3 is 4.42 Å². The first kappa shape index (κ1) is 10.0. The highest BCUT2D eigenvalue weighted by Crippen LogP contribution is 2.24. The van der Waals surface area contributed by atoms with Gasteiger partial charge in [-0.15, -0.1) is 0 Å². The van der Waals surface area contributed by atoms with Crippen LogP contribution in [0.1, 0.15) is 0 Å². The third-order valence-corrected chi connectivity index (χ3v) is 2.52. The normalized spacial score (nSPS) is 10.9. The van der Waals surface area contributed by atoms with E-state index in [-0.39, 0.29) is 5.52 Å². The van der Waals surface area contributed by atoms with E-state index in [0.717, 1.165) is 6.07 Å². The highest BCUT2D eigenvalue weighted by Gasteiger charge is 2.15. The molecule has 0 bridgehead atoms. The summed E-state index contributed by atoms with van der Waals surface area (Å²) in [5.41, 5.74) is -1.39. The van der Waals surface area contributed by atoms with E-state index in [1.165, 1.54) is 0 Å². The van der Waals surface area contributed by atoms with Gasteiger partial charge in [0.05, 0.1) is 9.99 Å². The Hall–Kier alpha value is -1.50. The van der Waals surface area contributed by atoms with Gasteiger partial charge in [-0.25, -0.2) is 18.4 Å². The molecule has 15 heavy (non-hydrogen) atoms. The molecule has 1 N–H and O–H groups in total. The minimum atomic E-state index is -1.15. The summed E-state index contributed by atoms with van der Waals surface area (Å²) in [5, 5.41) is -0.497. The molecule has 0 aliphatic heterocycles. The molecule has 0 saturated carbocycles. The third-order valence-electron chi connectivity index (χ3n) is 1.79. The molecule has 78 valence electrons. The first-order valence-electron chi connectivity index (χ1n) is 3.71. The van der Waals surface area contributed by atoms with Crippen LogP contribution in [0.15, 0.2) is 24.5 Å². The van der Waals surface area contributed by atoms with Crippen molar-refractivity contribution in [1.29, 1.82) is 0 Å². The summed E-state index contributed by atoms with van der Waals surface area (Å²) >= 11 is 2.63. The highest BCUT2D eigenvalue weighted by molar-refractivity contribution is 9.10. The van der Waals surface area contributed by atoms with Crippen LogP contribution >= 0.6 is 15.9 Å². The fourth-order valence-corrected chi connectivity index (χ4v) is 1.48. The molecule has 2 aromatic rings. The quantitative estimate of drug-likeness (QED) is 0.743. The summed E-state index contributed by atoms with van der Waals surface area (Å²) in [6.07, 6.45) is 0. The monoisotopic (exact) mass is 277 g/mol. The highest BCUT2D eigenvalue weighted by atomic mass is 79.9. The number of hydrogen-bond donors (Lipinski definition) is 1. The Kier molecular flexibility index (Phi) is 2.18. The lowest BCUT2D eigenvalue weighted by Crippen LogP contribution is -2.16. The van der Waals surface area contributed by atoms with Crippen LogP contribution in [-0.2, 0) is 0 Å². The van der Waals surface area contributed by atoms with Crippen molar-refractivity contribution < 1.29 is 13.2 Å². The Balaban J connectivity index is 3.13. The Morgan fingerprint density at radius 1 is 1.33 bits per heavy atom. The molecule has 1 aromatic heterocycles. The third kappa shape index (κ3) is 1.48. The van der Waals surface area contributed by atoms with Crippen LogP contribution in [0.3, 0.4) is 0 Å². The Morgan fingerprint density at radius 3 is 2.67 bits per heavy atom. The number of aromatic nitrogens is 1. The van der Waals surface area contributed by atoms with Crippen molar-refractivity contribution >= 4 is 26.8 Å². The first-order valence-corrected chi connectivity index (χ1v) is 4.50. The zero-order valence-electron chi connectivity index (χ0n) is 6.94. The Bertz CT molecular complexity index is 661. The fraction of sp³-hybridized carbons (Fsp3) is 0. The molecule has 0 spiro atoms. The van der Waals surface area contributed by atoms with E-state index in [1.54, 1.807) is 0 Å². The van der Waals surface area contributed by atoms with E-state index in [4.69, 9.17) is 0 Å². The van der Waals surface area contributed by atoms with Gasteiger partial charge in [0.1, 0.15) is 11.2 Å². The zero-order chi connectivity index (χ0) is 11.2. The van der Waals surface area contributed by atoms with Gasteiger partial charge in [0.2, 0.25) is 0 Å². The van der Waals surface area contributed by atoms with E-state index in [1.807, 2.05) is 4.98 Å². The molecular formula is C8H2BrF2NO3. The van der Waals surface area contributed by atoms with E-state index in [2.05, 4.69) is 20.3 Å². The zero-order valence-corrected chi connectivity index (χ0v) is 8.52. The maximum Gasteiger partial charge on any atom is 0.419 e. The number of rotatable bonds is 0. The van der Waals surface area contributed by atoms with Gasteiger partial charge in [-0.2, -0.15) is 0 Å². The molecule has 0 aliphatic rings. The Morgan fingerprint density at radius 2 is 2.00 bits per heavy atom. The summed E-state index contributed by atoms with van der Waals surface area (Å²) < 4.78 is 30.1. The van der Waals surface area contributed by atoms with Gasteiger partial charge >= 0.3 is 11.4 Å². The van der Waals surface area contributed by atoms with Crippen molar-refractivity contribution in [2.75, 3.05) is 0 Å². The molecule has 0 unspecified atom stereocenters. The van der Waals surface area contributed by atoms with Crippen LogP contribution in [-0.4, -0.2) is 4.98 Å².